The summed E-state index contributed by atoms with van der Waals surface area (Å²) in [5.74, 6) is 4.08. The van der Waals surface area contributed by atoms with Crippen molar-refractivity contribution in [3.63, 3.8) is 0 Å². The van der Waals surface area contributed by atoms with Gasteiger partial charge in [0.25, 0.3) is 0 Å². The van der Waals surface area contributed by atoms with E-state index in [9.17, 15) is 4.79 Å². The fourth-order valence-electron chi connectivity index (χ4n) is 1.76. The molecule has 92 valence electrons. The highest BCUT2D eigenvalue weighted by Crippen LogP contribution is 2.29. The van der Waals surface area contributed by atoms with Gasteiger partial charge in [-0.25, -0.2) is 0 Å². The number of rotatable bonds is 4. The molecule has 4 heteroatoms. The van der Waals surface area contributed by atoms with Gasteiger partial charge in [0.1, 0.15) is 5.75 Å². The molecular formula is C13H16O2S2. The molecule has 0 aromatic heterocycles. The Hall–Kier alpha value is -0.610. The van der Waals surface area contributed by atoms with Crippen molar-refractivity contribution in [2.24, 2.45) is 0 Å². The van der Waals surface area contributed by atoms with Crippen LogP contribution in [-0.2, 0) is 0 Å². The molecule has 17 heavy (non-hydrogen) atoms. The fourth-order valence-corrected chi connectivity index (χ4v) is 4.39. The van der Waals surface area contributed by atoms with Crippen molar-refractivity contribution in [3.8, 4) is 5.75 Å². The highest BCUT2D eigenvalue weighted by molar-refractivity contribution is 8.07. The Morgan fingerprint density at radius 2 is 2.24 bits per heavy atom. The van der Waals surface area contributed by atoms with E-state index in [1.807, 2.05) is 43.0 Å². The first-order valence-corrected chi connectivity index (χ1v) is 7.98. The lowest BCUT2D eigenvalue weighted by atomic mass is 10.1. The second-order valence-electron chi connectivity index (χ2n) is 3.73. The molecule has 0 radical (unpaired) electrons. The van der Waals surface area contributed by atoms with Gasteiger partial charge in [-0.3, -0.25) is 4.79 Å². The van der Waals surface area contributed by atoms with E-state index in [0.717, 1.165) is 28.6 Å². The number of hydrogen-bond acceptors (Lipinski definition) is 4. The molecule has 1 unspecified atom stereocenters. The van der Waals surface area contributed by atoms with Crippen molar-refractivity contribution in [3.05, 3.63) is 29.8 Å². The Morgan fingerprint density at radius 3 is 2.94 bits per heavy atom. The van der Waals surface area contributed by atoms with E-state index in [1.165, 1.54) is 0 Å². The number of hydrogen-bond donors (Lipinski definition) is 0. The third-order valence-corrected chi connectivity index (χ3v) is 5.31. The summed E-state index contributed by atoms with van der Waals surface area (Å²) in [6.07, 6.45) is 0. The van der Waals surface area contributed by atoms with Gasteiger partial charge in [-0.15, -0.1) is 11.8 Å². The highest BCUT2D eigenvalue weighted by Gasteiger charge is 2.25. The monoisotopic (exact) mass is 268 g/mol. The van der Waals surface area contributed by atoms with Gasteiger partial charge in [0.05, 0.1) is 17.4 Å². The van der Waals surface area contributed by atoms with Gasteiger partial charge >= 0.3 is 0 Å². The first-order chi connectivity index (χ1) is 8.33. The Balaban J connectivity index is 2.17. The number of benzene rings is 1. The summed E-state index contributed by atoms with van der Waals surface area (Å²) in [5, 5.41) is 0.0929. The van der Waals surface area contributed by atoms with Crippen LogP contribution in [0.25, 0.3) is 0 Å². The van der Waals surface area contributed by atoms with Crippen molar-refractivity contribution in [1.82, 2.24) is 0 Å². The van der Waals surface area contributed by atoms with Gasteiger partial charge in [0, 0.05) is 17.3 Å². The van der Waals surface area contributed by atoms with Crippen molar-refractivity contribution in [2.75, 3.05) is 23.9 Å². The van der Waals surface area contributed by atoms with Crippen LogP contribution in [0, 0.1) is 0 Å². The fraction of sp³-hybridized carbons (Fsp3) is 0.462. The molecule has 1 atom stereocenters. The molecular weight excluding hydrogens is 252 g/mol. The summed E-state index contributed by atoms with van der Waals surface area (Å²) in [4.78, 5) is 12.4. The van der Waals surface area contributed by atoms with Gasteiger partial charge in [-0.05, 0) is 19.1 Å². The maximum absolute atomic E-state index is 12.4. The van der Waals surface area contributed by atoms with Crippen LogP contribution >= 0.6 is 23.5 Å². The lowest BCUT2D eigenvalue weighted by Gasteiger charge is -2.20. The minimum Gasteiger partial charge on any atom is -0.493 e. The van der Waals surface area contributed by atoms with Gasteiger partial charge < -0.3 is 4.74 Å². The van der Waals surface area contributed by atoms with E-state index in [0.29, 0.717) is 6.61 Å². The maximum Gasteiger partial charge on any atom is 0.180 e. The summed E-state index contributed by atoms with van der Waals surface area (Å²) >= 11 is 3.63. The van der Waals surface area contributed by atoms with Crippen LogP contribution in [0.4, 0.5) is 0 Å². The van der Waals surface area contributed by atoms with E-state index in [-0.39, 0.29) is 11.0 Å². The lowest BCUT2D eigenvalue weighted by Crippen LogP contribution is -2.24. The molecule has 0 N–H and O–H groups in total. The molecule has 2 rings (SSSR count). The zero-order valence-corrected chi connectivity index (χ0v) is 11.5. The van der Waals surface area contributed by atoms with Gasteiger partial charge in [-0.1, -0.05) is 12.1 Å². The van der Waals surface area contributed by atoms with Gasteiger partial charge in [0.15, 0.2) is 5.78 Å². The Bertz CT molecular complexity index is 387. The molecule has 1 heterocycles. The Kier molecular flexibility index (Phi) is 4.80. The molecule has 0 spiro atoms. The molecule has 0 amide bonds. The number of para-hydroxylation sites is 1. The van der Waals surface area contributed by atoms with Gasteiger partial charge in [-0.2, -0.15) is 11.8 Å². The first-order valence-electron chi connectivity index (χ1n) is 5.78. The minimum atomic E-state index is 0.0929. The second kappa shape index (κ2) is 6.36. The molecule has 1 saturated heterocycles. The smallest absolute Gasteiger partial charge is 0.180 e. The molecule has 1 aromatic rings. The van der Waals surface area contributed by atoms with E-state index in [1.54, 1.807) is 11.8 Å². The maximum atomic E-state index is 12.4. The molecule has 0 aliphatic carbocycles. The summed E-state index contributed by atoms with van der Waals surface area (Å²) in [6, 6.07) is 7.55. The van der Waals surface area contributed by atoms with E-state index in [4.69, 9.17) is 4.74 Å². The predicted octanol–water partition coefficient (Wildman–Crippen LogP) is 3.12. The van der Waals surface area contributed by atoms with Crippen LogP contribution in [0.15, 0.2) is 24.3 Å². The lowest BCUT2D eigenvalue weighted by molar-refractivity contribution is 0.0991. The first kappa shape index (κ1) is 12.8. The zero-order valence-electron chi connectivity index (χ0n) is 9.85. The second-order valence-corrected chi connectivity index (χ2v) is 6.19. The van der Waals surface area contributed by atoms with Crippen LogP contribution in [0.3, 0.4) is 0 Å². The molecule has 2 nitrogen and oxygen atoms in total. The Labute approximate surface area is 111 Å². The number of Topliss-reactive ketones (excluding diaryl/α,β-unsaturated/α-hetero) is 1. The van der Waals surface area contributed by atoms with E-state index >= 15 is 0 Å². The number of carbonyl (C=O) groups excluding carboxylic acids is 1. The summed E-state index contributed by atoms with van der Waals surface area (Å²) in [5.41, 5.74) is 0.731. The molecule has 0 saturated carbocycles. The van der Waals surface area contributed by atoms with Crippen LogP contribution < -0.4 is 4.74 Å². The molecule has 1 fully saturated rings. The van der Waals surface area contributed by atoms with Crippen LogP contribution in [0.5, 0.6) is 5.75 Å². The Morgan fingerprint density at radius 1 is 1.41 bits per heavy atom. The number of carbonyl (C=O) groups is 1. The average molecular weight is 268 g/mol. The number of ketones is 1. The van der Waals surface area contributed by atoms with Crippen molar-refractivity contribution in [2.45, 2.75) is 12.2 Å². The normalized spacial score (nSPS) is 19.9. The number of ether oxygens (including phenoxy) is 1. The van der Waals surface area contributed by atoms with Crippen LogP contribution in [0.1, 0.15) is 17.3 Å². The molecule has 1 aromatic carbocycles. The summed E-state index contributed by atoms with van der Waals surface area (Å²) < 4.78 is 5.51. The molecule has 0 bridgehead atoms. The predicted molar refractivity (Wildman–Crippen MR) is 75.5 cm³/mol. The van der Waals surface area contributed by atoms with Gasteiger partial charge in [0.2, 0.25) is 0 Å². The van der Waals surface area contributed by atoms with Crippen LogP contribution in [-0.4, -0.2) is 34.9 Å². The molecule has 1 aliphatic heterocycles. The third kappa shape index (κ3) is 3.19. The largest absolute Gasteiger partial charge is 0.493 e. The zero-order chi connectivity index (χ0) is 12.1. The summed E-state index contributed by atoms with van der Waals surface area (Å²) in [6.45, 7) is 2.53. The third-order valence-electron chi connectivity index (χ3n) is 2.56. The van der Waals surface area contributed by atoms with Crippen LogP contribution in [0.2, 0.25) is 0 Å². The standard InChI is InChI=1S/C13H16O2S2/c1-2-15-11-6-4-3-5-10(11)13(14)12-9-16-7-8-17-12/h3-6,12H,2,7-9H2,1H3. The SMILES string of the molecule is CCOc1ccccc1C(=O)C1CSCCS1. The minimum absolute atomic E-state index is 0.0929. The van der Waals surface area contributed by atoms with Crippen molar-refractivity contribution < 1.29 is 9.53 Å². The summed E-state index contributed by atoms with van der Waals surface area (Å²) in [7, 11) is 0. The van der Waals surface area contributed by atoms with Crippen molar-refractivity contribution >= 4 is 29.3 Å². The van der Waals surface area contributed by atoms with E-state index in [2.05, 4.69) is 0 Å². The molecule has 1 aliphatic rings. The highest BCUT2D eigenvalue weighted by atomic mass is 32.2. The van der Waals surface area contributed by atoms with E-state index < -0.39 is 0 Å². The topological polar surface area (TPSA) is 26.3 Å². The number of thioether (sulfide) groups is 2. The quantitative estimate of drug-likeness (QED) is 0.784. The average Bonchev–Trinajstić information content (AvgIpc) is 2.40. The van der Waals surface area contributed by atoms with Crippen molar-refractivity contribution in [1.29, 1.82) is 0 Å².